The third kappa shape index (κ3) is 4.29. The molecular formula is C15H25BrN2. The predicted octanol–water partition coefficient (Wildman–Crippen LogP) is 4.36. The van der Waals surface area contributed by atoms with Gasteiger partial charge in [0.1, 0.15) is 0 Å². The molecule has 1 rings (SSSR count). The van der Waals surface area contributed by atoms with Gasteiger partial charge in [0.05, 0.1) is 0 Å². The van der Waals surface area contributed by atoms with Crippen LogP contribution in [0.2, 0.25) is 0 Å². The van der Waals surface area contributed by atoms with Gasteiger partial charge in [-0.2, -0.15) is 0 Å². The summed E-state index contributed by atoms with van der Waals surface area (Å²) in [4.78, 5) is 2.36. The van der Waals surface area contributed by atoms with Crippen LogP contribution in [0.1, 0.15) is 45.2 Å². The molecule has 0 fully saturated rings. The lowest BCUT2D eigenvalue weighted by molar-refractivity contribution is 0.596. The van der Waals surface area contributed by atoms with Crippen molar-refractivity contribution in [3.8, 4) is 0 Å². The van der Waals surface area contributed by atoms with Crippen LogP contribution in [0.25, 0.3) is 0 Å². The number of nitrogens with one attached hydrogen (secondary N) is 1. The SMILES string of the molecule is CCCCN(C)c1ccc(Br)cc1C(C)NCC. The Morgan fingerprint density at radius 2 is 2.06 bits per heavy atom. The van der Waals surface area contributed by atoms with Crippen molar-refractivity contribution in [3.05, 3.63) is 28.2 Å². The van der Waals surface area contributed by atoms with E-state index in [1.165, 1.54) is 24.1 Å². The van der Waals surface area contributed by atoms with Gasteiger partial charge < -0.3 is 10.2 Å². The van der Waals surface area contributed by atoms with Crippen molar-refractivity contribution in [1.29, 1.82) is 0 Å². The molecule has 3 heteroatoms. The van der Waals surface area contributed by atoms with Gasteiger partial charge in [-0.25, -0.2) is 0 Å². The van der Waals surface area contributed by atoms with Crippen LogP contribution in [0.5, 0.6) is 0 Å². The molecule has 0 spiro atoms. The molecule has 1 N–H and O–H groups in total. The zero-order chi connectivity index (χ0) is 13.5. The Morgan fingerprint density at radius 3 is 2.67 bits per heavy atom. The fourth-order valence-corrected chi connectivity index (χ4v) is 2.53. The summed E-state index contributed by atoms with van der Waals surface area (Å²) in [5, 5.41) is 3.49. The number of unbranched alkanes of at least 4 members (excludes halogenated alkanes) is 1. The topological polar surface area (TPSA) is 15.3 Å². The largest absolute Gasteiger partial charge is 0.374 e. The molecule has 0 aliphatic carbocycles. The first-order chi connectivity index (χ1) is 8.60. The van der Waals surface area contributed by atoms with Gasteiger partial charge in [-0.1, -0.05) is 36.2 Å². The Hall–Kier alpha value is -0.540. The molecule has 1 atom stereocenters. The van der Waals surface area contributed by atoms with Gasteiger partial charge in [0.2, 0.25) is 0 Å². The van der Waals surface area contributed by atoms with Crippen molar-refractivity contribution < 1.29 is 0 Å². The van der Waals surface area contributed by atoms with E-state index in [4.69, 9.17) is 0 Å². The van der Waals surface area contributed by atoms with Crippen molar-refractivity contribution in [2.45, 2.75) is 39.7 Å². The Bertz CT molecular complexity index is 366. The highest BCUT2D eigenvalue weighted by molar-refractivity contribution is 9.10. The van der Waals surface area contributed by atoms with E-state index < -0.39 is 0 Å². The molecule has 0 radical (unpaired) electrons. The summed E-state index contributed by atoms with van der Waals surface area (Å²) in [5.41, 5.74) is 2.70. The molecule has 0 bridgehead atoms. The quantitative estimate of drug-likeness (QED) is 0.805. The van der Waals surface area contributed by atoms with E-state index in [2.05, 4.69) is 72.2 Å². The van der Waals surface area contributed by atoms with Gasteiger partial charge in [-0.3, -0.25) is 0 Å². The highest BCUT2D eigenvalue weighted by atomic mass is 79.9. The third-order valence-electron chi connectivity index (χ3n) is 3.22. The van der Waals surface area contributed by atoms with Crippen LogP contribution in [-0.2, 0) is 0 Å². The van der Waals surface area contributed by atoms with Crippen LogP contribution in [-0.4, -0.2) is 20.1 Å². The van der Waals surface area contributed by atoms with Crippen LogP contribution in [0, 0.1) is 0 Å². The lowest BCUT2D eigenvalue weighted by Gasteiger charge is -2.25. The number of hydrogen-bond donors (Lipinski definition) is 1. The van der Waals surface area contributed by atoms with Crippen molar-refractivity contribution >= 4 is 21.6 Å². The van der Waals surface area contributed by atoms with Crippen LogP contribution >= 0.6 is 15.9 Å². The van der Waals surface area contributed by atoms with Gasteiger partial charge in [-0.15, -0.1) is 0 Å². The summed E-state index contributed by atoms with van der Waals surface area (Å²) in [6.45, 7) is 8.71. The minimum atomic E-state index is 0.381. The number of hydrogen-bond acceptors (Lipinski definition) is 2. The van der Waals surface area contributed by atoms with Crippen LogP contribution in [0.15, 0.2) is 22.7 Å². The predicted molar refractivity (Wildman–Crippen MR) is 84.4 cm³/mol. The van der Waals surface area contributed by atoms with Gasteiger partial charge >= 0.3 is 0 Å². The van der Waals surface area contributed by atoms with Crippen LogP contribution in [0.4, 0.5) is 5.69 Å². The molecule has 2 nitrogen and oxygen atoms in total. The highest BCUT2D eigenvalue weighted by Gasteiger charge is 2.13. The number of anilines is 1. The average Bonchev–Trinajstić information content (AvgIpc) is 2.36. The second-order valence-electron chi connectivity index (χ2n) is 4.76. The zero-order valence-corrected chi connectivity index (χ0v) is 13.5. The summed E-state index contributed by atoms with van der Waals surface area (Å²) in [6, 6.07) is 6.94. The van der Waals surface area contributed by atoms with Crippen molar-refractivity contribution in [3.63, 3.8) is 0 Å². The van der Waals surface area contributed by atoms with E-state index in [1.54, 1.807) is 0 Å². The molecule has 0 saturated carbocycles. The standard InChI is InChI=1S/C15H25BrN2/c1-5-7-10-18(4)15-9-8-13(16)11-14(15)12(3)17-6-2/h8-9,11-12,17H,5-7,10H2,1-4H3. The second kappa shape index (κ2) is 7.80. The first kappa shape index (κ1) is 15.5. The Labute approximate surface area is 120 Å². The summed E-state index contributed by atoms with van der Waals surface area (Å²) in [6.07, 6.45) is 2.47. The Balaban J connectivity index is 2.95. The molecule has 102 valence electrons. The second-order valence-corrected chi connectivity index (χ2v) is 5.67. The minimum absolute atomic E-state index is 0.381. The van der Waals surface area contributed by atoms with Gasteiger partial charge in [0.25, 0.3) is 0 Å². The molecule has 1 aromatic rings. The smallest absolute Gasteiger partial charge is 0.0412 e. The average molecular weight is 313 g/mol. The zero-order valence-electron chi connectivity index (χ0n) is 12.0. The number of benzene rings is 1. The summed E-state index contributed by atoms with van der Waals surface area (Å²) in [5.74, 6) is 0. The van der Waals surface area contributed by atoms with E-state index in [0.29, 0.717) is 6.04 Å². The van der Waals surface area contributed by atoms with E-state index in [1.807, 2.05) is 0 Å². The summed E-state index contributed by atoms with van der Waals surface area (Å²) >= 11 is 3.57. The third-order valence-corrected chi connectivity index (χ3v) is 3.72. The van der Waals surface area contributed by atoms with Gasteiger partial charge in [-0.05, 0) is 43.7 Å². The monoisotopic (exact) mass is 312 g/mol. The van der Waals surface area contributed by atoms with Crippen molar-refractivity contribution in [2.24, 2.45) is 0 Å². The maximum Gasteiger partial charge on any atom is 0.0412 e. The summed E-state index contributed by atoms with van der Waals surface area (Å²) in [7, 11) is 2.18. The van der Waals surface area contributed by atoms with Crippen LogP contribution in [0.3, 0.4) is 0 Å². The van der Waals surface area contributed by atoms with E-state index >= 15 is 0 Å². The maximum absolute atomic E-state index is 3.57. The maximum atomic E-state index is 3.57. The first-order valence-corrected chi connectivity index (χ1v) is 7.63. The fourth-order valence-electron chi connectivity index (χ4n) is 2.15. The van der Waals surface area contributed by atoms with Crippen LogP contribution < -0.4 is 10.2 Å². The lowest BCUT2D eigenvalue weighted by Crippen LogP contribution is -2.24. The normalized spacial score (nSPS) is 12.5. The number of nitrogens with zero attached hydrogens (tertiary/aromatic N) is 1. The Kier molecular flexibility index (Phi) is 6.72. The molecule has 0 aromatic heterocycles. The molecular weight excluding hydrogens is 288 g/mol. The Morgan fingerprint density at radius 1 is 1.33 bits per heavy atom. The number of rotatable bonds is 7. The number of halogens is 1. The molecule has 0 aliphatic heterocycles. The minimum Gasteiger partial charge on any atom is -0.374 e. The van der Waals surface area contributed by atoms with Gasteiger partial charge in [0.15, 0.2) is 0 Å². The fraction of sp³-hybridized carbons (Fsp3) is 0.600. The van der Waals surface area contributed by atoms with E-state index in [0.717, 1.165) is 17.6 Å². The molecule has 0 amide bonds. The van der Waals surface area contributed by atoms with E-state index in [-0.39, 0.29) is 0 Å². The molecule has 0 aliphatic rings. The van der Waals surface area contributed by atoms with Crippen molar-refractivity contribution in [1.82, 2.24) is 5.32 Å². The highest BCUT2D eigenvalue weighted by Crippen LogP contribution is 2.29. The molecule has 0 heterocycles. The molecule has 18 heavy (non-hydrogen) atoms. The first-order valence-electron chi connectivity index (χ1n) is 6.84. The molecule has 0 saturated heterocycles. The van der Waals surface area contributed by atoms with Gasteiger partial charge in [0, 0.05) is 29.8 Å². The van der Waals surface area contributed by atoms with Crippen molar-refractivity contribution in [2.75, 3.05) is 25.0 Å². The molecule has 1 unspecified atom stereocenters. The lowest BCUT2D eigenvalue weighted by atomic mass is 10.0. The molecule has 1 aromatic carbocycles. The van der Waals surface area contributed by atoms with E-state index in [9.17, 15) is 0 Å². The summed E-state index contributed by atoms with van der Waals surface area (Å²) < 4.78 is 1.15.